The lowest BCUT2D eigenvalue weighted by molar-refractivity contribution is -0.122. The van der Waals surface area contributed by atoms with E-state index in [1.165, 1.54) is 11.8 Å². The van der Waals surface area contributed by atoms with Gasteiger partial charge in [0.25, 0.3) is 5.91 Å². The van der Waals surface area contributed by atoms with Crippen molar-refractivity contribution < 1.29 is 19.1 Å². The first-order chi connectivity index (χ1) is 14.6. The minimum Gasteiger partial charge on any atom is -0.497 e. The van der Waals surface area contributed by atoms with Gasteiger partial charge in [-0.25, -0.2) is 0 Å². The summed E-state index contributed by atoms with van der Waals surface area (Å²) in [5.74, 6) is 1.37. The summed E-state index contributed by atoms with van der Waals surface area (Å²) in [7, 11) is 3.16. The van der Waals surface area contributed by atoms with E-state index in [1.54, 1.807) is 66.8 Å². The van der Waals surface area contributed by atoms with Crippen LogP contribution >= 0.6 is 11.8 Å². The number of hydrazone groups is 1. The monoisotopic (exact) mass is 424 g/mol. The first kappa shape index (κ1) is 19.8. The van der Waals surface area contributed by atoms with Crippen molar-refractivity contribution in [1.82, 2.24) is 10.3 Å². The molecular formula is C21H20N4O4S. The molecule has 8 nitrogen and oxygen atoms in total. The third-order valence-electron chi connectivity index (χ3n) is 4.71. The zero-order chi connectivity index (χ0) is 21.1. The molecule has 2 heterocycles. The molecular weight excluding hydrogens is 404 g/mol. The first-order valence-corrected chi connectivity index (χ1v) is 10.2. The Balaban J connectivity index is 1.42. The zero-order valence-electron chi connectivity index (χ0n) is 16.4. The lowest BCUT2D eigenvalue weighted by Gasteiger charge is -2.32. The van der Waals surface area contributed by atoms with Gasteiger partial charge >= 0.3 is 0 Å². The van der Waals surface area contributed by atoms with Crippen LogP contribution in [0.1, 0.15) is 10.4 Å². The molecule has 30 heavy (non-hydrogen) atoms. The van der Waals surface area contributed by atoms with Crippen LogP contribution in [0.3, 0.4) is 0 Å². The van der Waals surface area contributed by atoms with Gasteiger partial charge in [-0.15, -0.1) is 0 Å². The number of carbonyl (C=O) groups is 2. The van der Waals surface area contributed by atoms with Crippen molar-refractivity contribution in [3.05, 3.63) is 66.5 Å². The number of ether oxygens (including phenoxy) is 2. The molecule has 1 atom stereocenters. The van der Waals surface area contributed by atoms with E-state index in [0.29, 0.717) is 27.9 Å². The lowest BCUT2D eigenvalue weighted by atomic mass is 10.1. The van der Waals surface area contributed by atoms with Crippen molar-refractivity contribution in [2.24, 2.45) is 5.10 Å². The highest BCUT2D eigenvalue weighted by molar-refractivity contribution is 8.14. The maximum atomic E-state index is 12.9. The average Bonchev–Trinajstić information content (AvgIpc) is 3.21. The Kier molecular flexibility index (Phi) is 5.62. The summed E-state index contributed by atoms with van der Waals surface area (Å²) in [5, 5.41) is 4.81. The van der Waals surface area contributed by atoms with Gasteiger partial charge in [0, 0.05) is 24.0 Å². The van der Waals surface area contributed by atoms with Crippen LogP contribution in [0.4, 0.5) is 5.69 Å². The molecule has 9 heteroatoms. The van der Waals surface area contributed by atoms with Crippen LogP contribution in [0, 0.1) is 0 Å². The van der Waals surface area contributed by atoms with Crippen LogP contribution in [0.5, 0.6) is 11.5 Å². The molecule has 1 amide bonds. The van der Waals surface area contributed by atoms with E-state index in [9.17, 15) is 9.59 Å². The van der Waals surface area contributed by atoms with Crippen molar-refractivity contribution in [3.8, 4) is 11.5 Å². The van der Waals surface area contributed by atoms with Gasteiger partial charge in [0.05, 0.1) is 25.7 Å². The summed E-state index contributed by atoms with van der Waals surface area (Å²) in [6.45, 7) is 0. The van der Waals surface area contributed by atoms with E-state index < -0.39 is 6.17 Å². The topological polar surface area (TPSA) is 83.5 Å². The molecule has 0 radical (unpaired) electrons. The molecule has 2 aliphatic rings. The minimum absolute atomic E-state index is 0.0286. The number of benzene rings is 2. The van der Waals surface area contributed by atoms with E-state index in [2.05, 4.69) is 10.5 Å². The van der Waals surface area contributed by atoms with Gasteiger partial charge in [-0.3, -0.25) is 24.8 Å². The number of carbonyl (C=O) groups excluding carboxylic acids is 2. The number of nitrogens with one attached hydrogen (secondary N) is 1. The standard InChI is InChI=1S/C21H20N4O4S/c1-28-16-8-6-14(7-9-16)18(26)13-30-21-23-22-19-20(27)24(10-11-25(19)21)15-4-3-5-17(12-15)29-2/h3-12,19,22H,13H2,1-2H3. The van der Waals surface area contributed by atoms with Crippen LogP contribution < -0.4 is 19.8 Å². The number of amides is 1. The maximum absolute atomic E-state index is 12.9. The molecule has 0 saturated heterocycles. The number of hydrogen-bond donors (Lipinski definition) is 1. The third-order valence-corrected chi connectivity index (χ3v) is 5.67. The number of Topliss-reactive ketones (excluding diaryl/α,β-unsaturated/α-hetero) is 1. The normalized spacial score (nSPS) is 17.3. The molecule has 4 rings (SSSR count). The Morgan fingerprint density at radius 3 is 2.60 bits per heavy atom. The fraction of sp³-hybridized carbons (Fsp3) is 0.190. The highest BCUT2D eigenvalue weighted by Gasteiger charge is 2.38. The Hall–Kier alpha value is -3.46. The smallest absolute Gasteiger partial charge is 0.276 e. The summed E-state index contributed by atoms with van der Waals surface area (Å²) in [6, 6.07) is 14.2. The SMILES string of the molecule is COc1ccc(C(=O)CSC2=NNC3C(=O)N(c4cccc(OC)c4)C=CN23)cc1. The molecule has 2 aromatic rings. The summed E-state index contributed by atoms with van der Waals surface area (Å²) in [6.07, 6.45) is 2.80. The van der Waals surface area contributed by atoms with Crippen LogP contribution in [-0.2, 0) is 4.79 Å². The predicted octanol–water partition coefficient (Wildman–Crippen LogP) is 2.64. The van der Waals surface area contributed by atoms with Gasteiger partial charge in [0.2, 0.25) is 6.17 Å². The van der Waals surface area contributed by atoms with Gasteiger partial charge in [0.1, 0.15) is 11.5 Å². The predicted molar refractivity (Wildman–Crippen MR) is 116 cm³/mol. The Bertz CT molecular complexity index is 1020. The molecule has 0 fully saturated rings. The largest absolute Gasteiger partial charge is 0.497 e. The Labute approximate surface area is 178 Å². The molecule has 2 aliphatic heterocycles. The molecule has 0 aliphatic carbocycles. The number of hydrogen-bond acceptors (Lipinski definition) is 8. The fourth-order valence-corrected chi connectivity index (χ4v) is 3.94. The van der Waals surface area contributed by atoms with Gasteiger partial charge in [-0.05, 0) is 36.4 Å². The second kappa shape index (κ2) is 8.50. The van der Waals surface area contributed by atoms with Crippen molar-refractivity contribution in [2.75, 3.05) is 24.9 Å². The summed E-state index contributed by atoms with van der Waals surface area (Å²) in [4.78, 5) is 28.7. The highest BCUT2D eigenvalue weighted by atomic mass is 32.2. The van der Waals surface area contributed by atoms with Crippen LogP contribution in [-0.4, -0.2) is 47.9 Å². The molecule has 0 aromatic heterocycles. The quantitative estimate of drug-likeness (QED) is 0.714. The third kappa shape index (κ3) is 3.84. The number of rotatable bonds is 6. The summed E-state index contributed by atoms with van der Waals surface area (Å²) in [5.41, 5.74) is 4.16. The van der Waals surface area contributed by atoms with Gasteiger partial charge in [-0.2, -0.15) is 5.10 Å². The molecule has 0 spiro atoms. The molecule has 0 bridgehead atoms. The molecule has 0 saturated carbocycles. The van der Waals surface area contributed by atoms with E-state index in [4.69, 9.17) is 9.47 Å². The number of amidine groups is 1. The Morgan fingerprint density at radius 1 is 1.10 bits per heavy atom. The molecule has 154 valence electrons. The highest BCUT2D eigenvalue weighted by Crippen LogP contribution is 2.28. The summed E-state index contributed by atoms with van der Waals surface area (Å²) >= 11 is 1.28. The molecule has 1 unspecified atom stereocenters. The maximum Gasteiger partial charge on any atom is 0.276 e. The van der Waals surface area contributed by atoms with Crippen LogP contribution in [0.25, 0.3) is 0 Å². The second-order valence-electron chi connectivity index (χ2n) is 6.48. The number of methoxy groups -OCH3 is 2. The molecule has 2 aromatic carbocycles. The van der Waals surface area contributed by atoms with Crippen molar-refractivity contribution in [1.29, 1.82) is 0 Å². The number of thioether (sulfide) groups is 1. The van der Waals surface area contributed by atoms with E-state index >= 15 is 0 Å². The van der Waals surface area contributed by atoms with Crippen molar-refractivity contribution >= 4 is 34.3 Å². The van der Waals surface area contributed by atoms with E-state index in [-0.39, 0.29) is 17.4 Å². The van der Waals surface area contributed by atoms with Crippen LogP contribution in [0.2, 0.25) is 0 Å². The van der Waals surface area contributed by atoms with E-state index in [0.717, 1.165) is 0 Å². The van der Waals surface area contributed by atoms with Crippen molar-refractivity contribution in [2.45, 2.75) is 6.17 Å². The number of fused-ring (bicyclic) bond motifs is 1. The number of anilines is 1. The average molecular weight is 424 g/mol. The lowest BCUT2D eigenvalue weighted by Crippen LogP contribution is -2.52. The van der Waals surface area contributed by atoms with Gasteiger partial charge in [-0.1, -0.05) is 17.8 Å². The minimum atomic E-state index is -0.653. The second-order valence-corrected chi connectivity index (χ2v) is 7.42. The number of nitrogens with zero attached hydrogens (tertiary/aromatic N) is 3. The Morgan fingerprint density at radius 2 is 1.87 bits per heavy atom. The summed E-state index contributed by atoms with van der Waals surface area (Å²) < 4.78 is 10.3. The fourth-order valence-electron chi connectivity index (χ4n) is 3.09. The first-order valence-electron chi connectivity index (χ1n) is 9.18. The molecule has 1 N–H and O–H groups in total. The van der Waals surface area contributed by atoms with E-state index in [1.807, 2.05) is 18.2 Å². The zero-order valence-corrected chi connectivity index (χ0v) is 17.3. The number of ketones is 1. The van der Waals surface area contributed by atoms with Crippen LogP contribution in [0.15, 0.2) is 66.0 Å². The van der Waals surface area contributed by atoms with Gasteiger partial charge in [0.15, 0.2) is 11.0 Å². The van der Waals surface area contributed by atoms with Crippen molar-refractivity contribution in [3.63, 3.8) is 0 Å². The van der Waals surface area contributed by atoms with Gasteiger partial charge < -0.3 is 9.47 Å².